The van der Waals surface area contributed by atoms with Crippen LogP contribution in [-0.2, 0) is 10.2 Å². The molecule has 0 aliphatic heterocycles. The molecule has 0 radical (unpaired) electrons. The number of nitrogens with zero attached hydrogens (tertiary/aromatic N) is 1. The van der Waals surface area contributed by atoms with Gasteiger partial charge >= 0.3 is 0 Å². The first-order valence-corrected chi connectivity index (χ1v) is 7.98. The fourth-order valence-corrected chi connectivity index (χ4v) is 3.36. The van der Waals surface area contributed by atoms with Crippen LogP contribution in [0.1, 0.15) is 36.8 Å². The highest BCUT2D eigenvalue weighted by Gasteiger charge is 2.42. The van der Waals surface area contributed by atoms with E-state index in [-0.39, 0.29) is 5.91 Å². The minimum Gasteiger partial charge on any atom is -0.310 e. The predicted octanol–water partition coefficient (Wildman–Crippen LogP) is 4.49. The lowest BCUT2D eigenvalue weighted by molar-refractivity contribution is -0.121. The minimum absolute atomic E-state index is 0.0328. The first-order valence-electron chi connectivity index (χ1n) is 7.60. The monoisotopic (exact) mass is 314 g/mol. The molecule has 0 spiro atoms. The van der Waals surface area contributed by atoms with E-state index in [1.807, 2.05) is 43.3 Å². The molecule has 114 valence electrons. The number of aryl methyl sites for hydroxylation is 1. The number of hydrogen-bond acceptors (Lipinski definition) is 2. The van der Waals surface area contributed by atoms with Gasteiger partial charge in [0.2, 0.25) is 5.91 Å². The normalized spacial score (nSPS) is 16.5. The number of nitrogens with one attached hydrogen (secondary N) is 1. The van der Waals surface area contributed by atoms with E-state index in [0.29, 0.717) is 10.8 Å². The molecule has 1 saturated carbocycles. The van der Waals surface area contributed by atoms with Crippen LogP contribution in [0.5, 0.6) is 0 Å². The Morgan fingerprint density at radius 3 is 2.50 bits per heavy atom. The van der Waals surface area contributed by atoms with Gasteiger partial charge in [-0.1, -0.05) is 36.6 Å². The number of pyridine rings is 1. The molecule has 0 atom stereocenters. The topological polar surface area (TPSA) is 42.0 Å². The van der Waals surface area contributed by atoms with Gasteiger partial charge in [0.1, 0.15) is 5.82 Å². The summed E-state index contributed by atoms with van der Waals surface area (Å²) in [6, 6.07) is 11.5. The molecule has 1 fully saturated rings. The van der Waals surface area contributed by atoms with Crippen molar-refractivity contribution in [1.82, 2.24) is 4.98 Å². The number of benzene rings is 1. The van der Waals surface area contributed by atoms with Gasteiger partial charge in [-0.2, -0.15) is 0 Å². The van der Waals surface area contributed by atoms with Gasteiger partial charge in [-0.3, -0.25) is 4.79 Å². The van der Waals surface area contributed by atoms with Crippen LogP contribution in [0.15, 0.2) is 42.6 Å². The fourth-order valence-electron chi connectivity index (χ4n) is 3.23. The van der Waals surface area contributed by atoms with Crippen molar-refractivity contribution in [2.24, 2.45) is 0 Å². The van der Waals surface area contributed by atoms with E-state index in [2.05, 4.69) is 10.3 Å². The molecule has 22 heavy (non-hydrogen) atoms. The Hall–Kier alpha value is -1.87. The fraction of sp³-hybridized carbons (Fsp3) is 0.333. The average molecular weight is 315 g/mol. The molecule has 0 saturated heterocycles. The zero-order valence-corrected chi connectivity index (χ0v) is 13.4. The Morgan fingerprint density at radius 2 is 1.86 bits per heavy atom. The molecule has 1 amide bonds. The number of rotatable bonds is 3. The highest BCUT2D eigenvalue weighted by molar-refractivity contribution is 6.30. The molecule has 1 aromatic carbocycles. The maximum Gasteiger partial charge on any atom is 0.236 e. The highest BCUT2D eigenvalue weighted by atomic mass is 35.5. The lowest BCUT2D eigenvalue weighted by Gasteiger charge is -2.28. The summed E-state index contributed by atoms with van der Waals surface area (Å²) >= 11 is 5.98. The number of anilines is 1. The maximum atomic E-state index is 12.9. The van der Waals surface area contributed by atoms with E-state index in [1.54, 1.807) is 6.20 Å². The van der Waals surface area contributed by atoms with E-state index in [9.17, 15) is 4.79 Å². The van der Waals surface area contributed by atoms with Crippen LogP contribution >= 0.6 is 11.6 Å². The number of carbonyl (C=O) groups is 1. The Kier molecular flexibility index (Phi) is 4.16. The molecule has 1 aliphatic rings. The van der Waals surface area contributed by atoms with Crippen molar-refractivity contribution in [3.05, 3.63) is 58.7 Å². The largest absolute Gasteiger partial charge is 0.310 e. The molecule has 1 N–H and O–H groups in total. The summed E-state index contributed by atoms with van der Waals surface area (Å²) in [6.45, 7) is 1.99. The third-order valence-corrected chi connectivity index (χ3v) is 4.70. The van der Waals surface area contributed by atoms with Gasteiger partial charge in [0.25, 0.3) is 0 Å². The smallest absolute Gasteiger partial charge is 0.236 e. The van der Waals surface area contributed by atoms with Gasteiger partial charge in [0, 0.05) is 11.2 Å². The Bertz CT molecular complexity index is 676. The third kappa shape index (κ3) is 2.86. The molecule has 4 heteroatoms. The van der Waals surface area contributed by atoms with Crippen LogP contribution in [0.25, 0.3) is 0 Å². The zero-order chi connectivity index (χ0) is 15.6. The van der Waals surface area contributed by atoms with Crippen LogP contribution < -0.4 is 5.32 Å². The minimum atomic E-state index is -0.462. The van der Waals surface area contributed by atoms with Crippen LogP contribution in [-0.4, -0.2) is 10.9 Å². The summed E-state index contributed by atoms with van der Waals surface area (Å²) in [6.07, 6.45) is 5.59. The quantitative estimate of drug-likeness (QED) is 0.906. The third-order valence-electron chi connectivity index (χ3n) is 4.45. The van der Waals surface area contributed by atoms with Gasteiger partial charge in [-0.05, 0) is 55.2 Å². The van der Waals surface area contributed by atoms with Crippen molar-refractivity contribution < 1.29 is 4.79 Å². The number of amides is 1. The molecule has 0 unspecified atom stereocenters. The van der Waals surface area contributed by atoms with Crippen LogP contribution in [0.3, 0.4) is 0 Å². The Balaban J connectivity index is 1.90. The van der Waals surface area contributed by atoms with E-state index < -0.39 is 5.41 Å². The number of aromatic nitrogens is 1. The first kappa shape index (κ1) is 15.0. The second-order valence-corrected chi connectivity index (χ2v) is 6.41. The number of hydrogen-bond donors (Lipinski definition) is 1. The Morgan fingerprint density at radius 1 is 1.18 bits per heavy atom. The van der Waals surface area contributed by atoms with Gasteiger partial charge in [0.05, 0.1) is 5.41 Å². The standard InChI is InChI=1S/C18H19ClN2O/c1-13-8-11-20-16(12-13)21-17(22)18(9-2-3-10-18)14-4-6-15(19)7-5-14/h4-8,11-12H,2-3,9-10H2,1H3,(H,20,21,22). The van der Waals surface area contributed by atoms with Gasteiger partial charge < -0.3 is 5.32 Å². The van der Waals surface area contributed by atoms with E-state index in [0.717, 1.165) is 36.8 Å². The molecule has 3 nitrogen and oxygen atoms in total. The van der Waals surface area contributed by atoms with Crippen molar-refractivity contribution in [1.29, 1.82) is 0 Å². The summed E-state index contributed by atoms with van der Waals surface area (Å²) < 4.78 is 0. The van der Waals surface area contributed by atoms with E-state index >= 15 is 0 Å². The van der Waals surface area contributed by atoms with Crippen molar-refractivity contribution in [2.75, 3.05) is 5.32 Å². The summed E-state index contributed by atoms with van der Waals surface area (Å²) in [7, 11) is 0. The van der Waals surface area contributed by atoms with Gasteiger partial charge in [-0.25, -0.2) is 4.98 Å². The van der Waals surface area contributed by atoms with Crippen molar-refractivity contribution in [3.8, 4) is 0 Å². The van der Waals surface area contributed by atoms with Crippen molar-refractivity contribution in [2.45, 2.75) is 38.0 Å². The maximum absolute atomic E-state index is 12.9. The van der Waals surface area contributed by atoms with Gasteiger partial charge in [-0.15, -0.1) is 0 Å². The molecule has 1 aliphatic carbocycles. The second kappa shape index (κ2) is 6.09. The summed E-state index contributed by atoms with van der Waals surface area (Å²) in [4.78, 5) is 17.2. The lowest BCUT2D eigenvalue weighted by atomic mass is 9.78. The summed E-state index contributed by atoms with van der Waals surface area (Å²) in [5, 5.41) is 3.69. The SMILES string of the molecule is Cc1ccnc(NC(=O)C2(c3ccc(Cl)cc3)CCCC2)c1. The second-order valence-electron chi connectivity index (χ2n) is 5.97. The van der Waals surface area contributed by atoms with E-state index in [1.165, 1.54) is 0 Å². The molecule has 2 aromatic rings. The van der Waals surface area contributed by atoms with Crippen molar-refractivity contribution >= 4 is 23.3 Å². The predicted molar refractivity (Wildman–Crippen MR) is 89.2 cm³/mol. The van der Waals surface area contributed by atoms with Crippen LogP contribution in [0, 0.1) is 6.92 Å². The molecule has 3 rings (SSSR count). The zero-order valence-electron chi connectivity index (χ0n) is 12.6. The van der Waals surface area contributed by atoms with Crippen molar-refractivity contribution in [3.63, 3.8) is 0 Å². The van der Waals surface area contributed by atoms with Gasteiger partial charge in [0.15, 0.2) is 0 Å². The molecule has 1 aromatic heterocycles. The summed E-state index contributed by atoms with van der Waals surface area (Å²) in [5.74, 6) is 0.649. The molecular formula is C18H19ClN2O. The summed E-state index contributed by atoms with van der Waals surface area (Å²) in [5.41, 5.74) is 1.66. The molecule has 1 heterocycles. The highest BCUT2D eigenvalue weighted by Crippen LogP contribution is 2.42. The lowest BCUT2D eigenvalue weighted by Crippen LogP contribution is -2.38. The molecule has 0 bridgehead atoms. The number of carbonyl (C=O) groups excluding carboxylic acids is 1. The first-order chi connectivity index (χ1) is 10.6. The number of halogens is 1. The Labute approximate surface area is 135 Å². The van der Waals surface area contributed by atoms with Crippen LogP contribution in [0.2, 0.25) is 5.02 Å². The van der Waals surface area contributed by atoms with E-state index in [4.69, 9.17) is 11.6 Å². The van der Waals surface area contributed by atoms with Crippen LogP contribution in [0.4, 0.5) is 5.82 Å². The molecular weight excluding hydrogens is 296 g/mol. The average Bonchev–Trinajstić information content (AvgIpc) is 2.99.